The minimum absolute atomic E-state index is 0.167. The standard InChI is InChI=1S/C20H21NO4/c1-20(2,3)14-10-12(8-9-15(14)22)11-17-21-18-13(19(23)24-4)6-5-7-16(18)25-17/h5-10,22H,11H2,1-4H3. The van der Waals surface area contributed by atoms with Crippen molar-refractivity contribution in [3.8, 4) is 5.75 Å². The fourth-order valence-electron chi connectivity index (χ4n) is 2.81. The third kappa shape index (κ3) is 3.36. The fraction of sp³-hybridized carbons (Fsp3) is 0.300. The molecule has 1 aromatic heterocycles. The zero-order valence-corrected chi connectivity index (χ0v) is 14.8. The first-order chi connectivity index (χ1) is 11.8. The number of oxazole rings is 1. The number of carbonyl (C=O) groups is 1. The monoisotopic (exact) mass is 339 g/mol. The van der Waals surface area contributed by atoms with E-state index in [1.54, 1.807) is 24.3 Å². The molecule has 0 atom stereocenters. The molecule has 5 heteroatoms. The molecule has 1 N–H and O–H groups in total. The molecule has 0 radical (unpaired) electrons. The van der Waals surface area contributed by atoms with E-state index >= 15 is 0 Å². The first-order valence-electron chi connectivity index (χ1n) is 8.08. The summed E-state index contributed by atoms with van der Waals surface area (Å²) >= 11 is 0. The van der Waals surface area contributed by atoms with Gasteiger partial charge in [-0.25, -0.2) is 9.78 Å². The van der Waals surface area contributed by atoms with E-state index in [1.807, 2.05) is 32.9 Å². The van der Waals surface area contributed by atoms with Crippen LogP contribution in [-0.4, -0.2) is 23.2 Å². The third-order valence-electron chi connectivity index (χ3n) is 4.09. The average Bonchev–Trinajstić information content (AvgIpc) is 2.97. The van der Waals surface area contributed by atoms with Crippen molar-refractivity contribution in [1.82, 2.24) is 4.98 Å². The summed E-state index contributed by atoms with van der Waals surface area (Å²) in [6.45, 7) is 6.15. The predicted octanol–water partition coefficient (Wildman–Crippen LogP) is 4.21. The van der Waals surface area contributed by atoms with Crippen LogP contribution in [0.1, 0.15) is 48.1 Å². The summed E-state index contributed by atoms with van der Waals surface area (Å²) in [5.41, 5.74) is 3.12. The third-order valence-corrected chi connectivity index (χ3v) is 4.09. The van der Waals surface area contributed by atoms with Crippen LogP contribution in [-0.2, 0) is 16.6 Å². The Labute approximate surface area is 146 Å². The second kappa shape index (κ2) is 6.24. The highest BCUT2D eigenvalue weighted by atomic mass is 16.5. The lowest BCUT2D eigenvalue weighted by molar-refractivity contribution is 0.0602. The van der Waals surface area contributed by atoms with E-state index in [4.69, 9.17) is 9.15 Å². The molecule has 0 saturated carbocycles. The summed E-state index contributed by atoms with van der Waals surface area (Å²) < 4.78 is 10.6. The first-order valence-corrected chi connectivity index (χ1v) is 8.08. The van der Waals surface area contributed by atoms with E-state index in [2.05, 4.69) is 4.98 Å². The maximum atomic E-state index is 11.9. The van der Waals surface area contributed by atoms with E-state index in [1.165, 1.54) is 7.11 Å². The molecule has 0 fully saturated rings. The molecule has 0 aliphatic heterocycles. The van der Waals surface area contributed by atoms with Crippen molar-refractivity contribution >= 4 is 17.1 Å². The van der Waals surface area contributed by atoms with Gasteiger partial charge in [0.2, 0.25) is 0 Å². The van der Waals surface area contributed by atoms with Crippen molar-refractivity contribution in [2.24, 2.45) is 0 Å². The molecule has 25 heavy (non-hydrogen) atoms. The number of hydrogen-bond acceptors (Lipinski definition) is 5. The van der Waals surface area contributed by atoms with Gasteiger partial charge < -0.3 is 14.3 Å². The van der Waals surface area contributed by atoms with Gasteiger partial charge >= 0.3 is 5.97 Å². The molecular formula is C20H21NO4. The van der Waals surface area contributed by atoms with E-state index in [9.17, 15) is 9.90 Å². The van der Waals surface area contributed by atoms with Crippen LogP contribution >= 0.6 is 0 Å². The zero-order chi connectivity index (χ0) is 18.2. The summed E-state index contributed by atoms with van der Waals surface area (Å²) in [6, 6.07) is 10.7. The lowest BCUT2D eigenvalue weighted by Crippen LogP contribution is -2.11. The quantitative estimate of drug-likeness (QED) is 0.724. The number of ether oxygens (including phenoxy) is 1. The van der Waals surface area contributed by atoms with Crippen LogP contribution in [0.5, 0.6) is 5.75 Å². The normalized spacial score (nSPS) is 11.7. The number of rotatable bonds is 3. The number of fused-ring (bicyclic) bond motifs is 1. The van der Waals surface area contributed by atoms with Crippen LogP contribution in [0.15, 0.2) is 40.8 Å². The Morgan fingerprint density at radius 3 is 2.68 bits per heavy atom. The van der Waals surface area contributed by atoms with Crippen LogP contribution in [0.4, 0.5) is 0 Å². The molecule has 0 aliphatic rings. The largest absolute Gasteiger partial charge is 0.508 e. The van der Waals surface area contributed by atoms with Crippen molar-refractivity contribution < 1.29 is 19.1 Å². The molecule has 3 aromatic rings. The number of phenolic OH excluding ortho intramolecular Hbond substituents is 1. The van der Waals surface area contributed by atoms with Crippen LogP contribution in [0.25, 0.3) is 11.1 Å². The molecule has 3 rings (SSSR count). The van der Waals surface area contributed by atoms with E-state index in [-0.39, 0.29) is 11.2 Å². The Hall–Kier alpha value is -2.82. The number of phenols is 1. The van der Waals surface area contributed by atoms with E-state index in [0.717, 1.165) is 11.1 Å². The number of hydrogen-bond donors (Lipinski definition) is 1. The number of esters is 1. The maximum absolute atomic E-state index is 11.9. The molecule has 0 aliphatic carbocycles. The molecular weight excluding hydrogens is 318 g/mol. The number of aromatic nitrogens is 1. The summed E-state index contributed by atoms with van der Waals surface area (Å²) in [5, 5.41) is 10.1. The van der Waals surface area contributed by atoms with Crippen molar-refractivity contribution in [1.29, 1.82) is 0 Å². The van der Waals surface area contributed by atoms with Gasteiger partial charge in [0, 0.05) is 6.42 Å². The summed E-state index contributed by atoms with van der Waals surface area (Å²) in [7, 11) is 1.34. The second-order valence-corrected chi connectivity index (χ2v) is 7.03. The molecule has 2 aromatic carbocycles. The van der Waals surface area contributed by atoms with Crippen molar-refractivity contribution in [3.63, 3.8) is 0 Å². The number of aromatic hydroxyl groups is 1. The van der Waals surface area contributed by atoms with Gasteiger partial charge in [-0.2, -0.15) is 0 Å². The smallest absolute Gasteiger partial charge is 0.340 e. The number of benzene rings is 2. The molecule has 0 spiro atoms. The number of methoxy groups -OCH3 is 1. The number of para-hydroxylation sites is 1. The first kappa shape index (κ1) is 17.0. The van der Waals surface area contributed by atoms with Gasteiger partial charge in [0.05, 0.1) is 12.7 Å². The van der Waals surface area contributed by atoms with Crippen LogP contribution in [0.3, 0.4) is 0 Å². The number of carbonyl (C=O) groups excluding carboxylic acids is 1. The molecule has 130 valence electrons. The zero-order valence-electron chi connectivity index (χ0n) is 14.8. The Bertz CT molecular complexity index is 935. The SMILES string of the molecule is COC(=O)c1cccc2oc(Cc3ccc(O)c(C(C)(C)C)c3)nc12. The van der Waals surface area contributed by atoms with Gasteiger partial charge in [0.1, 0.15) is 11.3 Å². The van der Waals surface area contributed by atoms with E-state index < -0.39 is 5.97 Å². The Morgan fingerprint density at radius 1 is 1.24 bits per heavy atom. The molecule has 0 bridgehead atoms. The topological polar surface area (TPSA) is 72.6 Å². The van der Waals surface area contributed by atoms with Gasteiger partial charge in [-0.1, -0.05) is 39.0 Å². The average molecular weight is 339 g/mol. The number of nitrogens with zero attached hydrogens (tertiary/aromatic N) is 1. The minimum Gasteiger partial charge on any atom is -0.508 e. The Kier molecular flexibility index (Phi) is 4.25. The highest BCUT2D eigenvalue weighted by molar-refractivity contribution is 6.01. The molecule has 0 saturated heterocycles. The molecule has 0 unspecified atom stereocenters. The van der Waals surface area contributed by atoms with E-state index in [0.29, 0.717) is 29.0 Å². The Morgan fingerprint density at radius 2 is 2.00 bits per heavy atom. The van der Waals surface area contributed by atoms with Gasteiger partial charge in [-0.3, -0.25) is 0 Å². The van der Waals surface area contributed by atoms with Crippen molar-refractivity contribution in [3.05, 3.63) is 59.0 Å². The van der Waals surface area contributed by atoms with Crippen LogP contribution < -0.4 is 0 Å². The molecule has 5 nitrogen and oxygen atoms in total. The Balaban J connectivity index is 1.98. The van der Waals surface area contributed by atoms with Crippen LogP contribution in [0.2, 0.25) is 0 Å². The maximum Gasteiger partial charge on any atom is 0.340 e. The van der Waals surface area contributed by atoms with Crippen molar-refractivity contribution in [2.45, 2.75) is 32.6 Å². The lowest BCUT2D eigenvalue weighted by Gasteiger charge is -2.21. The highest BCUT2D eigenvalue weighted by Crippen LogP contribution is 2.32. The van der Waals surface area contributed by atoms with Gasteiger partial charge in [0.25, 0.3) is 0 Å². The van der Waals surface area contributed by atoms with Crippen LogP contribution in [0, 0.1) is 0 Å². The minimum atomic E-state index is -0.440. The highest BCUT2D eigenvalue weighted by Gasteiger charge is 2.20. The van der Waals surface area contributed by atoms with Crippen molar-refractivity contribution in [2.75, 3.05) is 7.11 Å². The second-order valence-electron chi connectivity index (χ2n) is 7.03. The predicted molar refractivity (Wildman–Crippen MR) is 95.0 cm³/mol. The summed E-state index contributed by atoms with van der Waals surface area (Å²) in [5.74, 6) is 0.351. The van der Waals surface area contributed by atoms with Gasteiger partial charge in [-0.15, -0.1) is 0 Å². The summed E-state index contributed by atoms with van der Waals surface area (Å²) in [4.78, 5) is 16.3. The molecule has 0 amide bonds. The van der Waals surface area contributed by atoms with Gasteiger partial charge in [0.15, 0.2) is 11.5 Å². The fourth-order valence-corrected chi connectivity index (χ4v) is 2.81. The summed E-state index contributed by atoms with van der Waals surface area (Å²) in [6.07, 6.45) is 0.471. The van der Waals surface area contributed by atoms with Gasteiger partial charge in [-0.05, 0) is 34.7 Å². The molecule has 1 heterocycles. The lowest BCUT2D eigenvalue weighted by atomic mass is 9.85.